The van der Waals surface area contributed by atoms with Gasteiger partial charge in [0.15, 0.2) is 5.17 Å². The topological polar surface area (TPSA) is 54.4 Å². The Balaban J connectivity index is 1.99. The van der Waals surface area contributed by atoms with Crippen molar-refractivity contribution in [2.45, 2.75) is 25.6 Å². The lowest BCUT2D eigenvalue weighted by Crippen LogP contribution is -2.27. The summed E-state index contributed by atoms with van der Waals surface area (Å²) in [4.78, 5) is 20.2. The minimum Gasteiger partial charge on any atom is -0.304 e. The van der Waals surface area contributed by atoms with E-state index in [1.165, 1.54) is 11.8 Å². The SMILES string of the molecule is CC(C)[C@H]1SC(=NCc2ccccn2)NC1=O. The van der Waals surface area contributed by atoms with E-state index in [1.54, 1.807) is 6.20 Å². The number of nitrogens with one attached hydrogen (secondary N) is 1. The van der Waals surface area contributed by atoms with Gasteiger partial charge in [0, 0.05) is 6.20 Å². The first-order valence-electron chi connectivity index (χ1n) is 5.58. The highest BCUT2D eigenvalue weighted by atomic mass is 32.2. The molecule has 0 bridgehead atoms. The monoisotopic (exact) mass is 249 g/mol. The number of aliphatic imine (C=N–C) groups is 1. The minimum atomic E-state index is -0.0162. The van der Waals surface area contributed by atoms with E-state index in [0.717, 1.165) is 5.69 Å². The fourth-order valence-electron chi connectivity index (χ4n) is 1.54. The fourth-order valence-corrected chi connectivity index (χ4v) is 2.52. The number of amidine groups is 1. The largest absolute Gasteiger partial charge is 0.304 e. The number of pyridine rings is 1. The van der Waals surface area contributed by atoms with Gasteiger partial charge in [-0.25, -0.2) is 0 Å². The third-order valence-electron chi connectivity index (χ3n) is 2.44. The Morgan fingerprint density at radius 1 is 1.53 bits per heavy atom. The summed E-state index contributed by atoms with van der Waals surface area (Å²) in [5.74, 6) is 0.382. The van der Waals surface area contributed by atoms with Crippen LogP contribution in [-0.4, -0.2) is 21.3 Å². The molecule has 0 saturated carbocycles. The van der Waals surface area contributed by atoms with Crippen LogP contribution in [-0.2, 0) is 11.3 Å². The van der Waals surface area contributed by atoms with Crippen molar-refractivity contribution in [2.24, 2.45) is 10.9 Å². The maximum absolute atomic E-state index is 11.6. The summed E-state index contributed by atoms with van der Waals surface area (Å²) in [6.07, 6.45) is 1.74. The van der Waals surface area contributed by atoms with Crippen molar-refractivity contribution in [1.82, 2.24) is 10.3 Å². The highest BCUT2D eigenvalue weighted by Gasteiger charge is 2.32. The smallest absolute Gasteiger partial charge is 0.239 e. The molecule has 1 atom stereocenters. The molecule has 0 aliphatic carbocycles. The van der Waals surface area contributed by atoms with Crippen molar-refractivity contribution in [2.75, 3.05) is 0 Å². The van der Waals surface area contributed by atoms with Crippen LogP contribution in [0, 0.1) is 5.92 Å². The lowest BCUT2D eigenvalue weighted by atomic mass is 10.1. The van der Waals surface area contributed by atoms with Crippen LogP contribution in [0.2, 0.25) is 0 Å². The van der Waals surface area contributed by atoms with Crippen LogP contribution in [0.25, 0.3) is 0 Å². The summed E-state index contributed by atoms with van der Waals surface area (Å²) >= 11 is 1.51. The molecule has 0 spiro atoms. The molecule has 4 nitrogen and oxygen atoms in total. The molecule has 1 N–H and O–H groups in total. The van der Waals surface area contributed by atoms with Gasteiger partial charge in [-0.3, -0.25) is 14.8 Å². The molecular weight excluding hydrogens is 234 g/mol. The average Bonchev–Trinajstić information content (AvgIpc) is 2.69. The molecule has 17 heavy (non-hydrogen) atoms. The first-order chi connectivity index (χ1) is 8.16. The molecule has 1 aromatic rings. The van der Waals surface area contributed by atoms with Gasteiger partial charge in [0.05, 0.1) is 17.5 Å². The Bertz CT molecular complexity index is 431. The molecule has 0 radical (unpaired) electrons. The van der Waals surface area contributed by atoms with Crippen LogP contribution in [0.5, 0.6) is 0 Å². The van der Waals surface area contributed by atoms with Crippen molar-refractivity contribution in [3.05, 3.63) is 30.1 Å². The number of thioether (sulfide) groups is 1. The highest BCUT2D eigenvalue weighted by molar-refractivity contribution is 8.15. The number of carbonyl (C=O) groups is 1. The molecule has 1 saturated heterocycles. The summed E-state index contributed by atoms with van der Waals surface area (Å²) < 4.78 is 0. The second-order valence-corrected chi connectivity index (χ2v) is 5.34. The third-order valence-corrected chi connectivity index (χ3v) is 3.91. The third kappa shape index (κ3) is 3.06. The Hall–Kier alpha value is -1.36. The van der Waals surface area contributed by atoms with E-state index >= 15 is 0 Å². The van der Waals surface area contributed by atoms with Crippen LogP contribution in [0.3, 0.4) is 0 Å². The van der Waals surface area contributed by atoms with Gasteiger partial charge in [0.1, 0.15) is 0 Å². The van der Waals surface area contributed by atoms with Crippen molar-refractivity contribution in [1.29, 1.82) is 0 Å². The molecule has 2 rings (SSSR count). The van der Waals surface area contributed by atoms with E-state index in [-0.39, 0.29) is 11.2 Å². The number of amides is 1. The first kappa shape index (κ1) is 12.1. The lowest BCUT2D eigenvalue weighted by Gasteiger charge is -2.07. The van der Waals surface area contributed by atoms with E-state index in [1.807, 2.05) is 32.0 Å². The Kier molecular flexibility index (Phi) is 3.78. The van der Waals surface area contributed by atoms with Gasteiger partial charge >= 0.3 is 0 Å². The van der Waals surface area contributed by atoms with E-state index in [2.05, 4.69) is 15.3 Å². The summed E-state index contributed by atoms with van der Waals surface area (Å²) in [6.45, 7) is 4.59. The Labute approximate surface area is 105 Å². The van der Waals surface area contributed by atoms with Crippen LogP contribution in [0.15, 0.2) is 29.4 Å². The van der Waals surface area contributed by atoms with Gasteiger partial charge in [-0.1, -0.05) is 31.7 Å². The molecule has 1 aromatic heterocycles. The van der Waals surface area contributed by atoms with Crippen LogP contribution < -0.4 is 5.32 Å². The number of rotatable bonds is 3. The number of carbonyl (C=O) groups excluding carboxylic acids is 1. The molecule has 1 aliphatic rings. The minimum absolute atomic E-state index is 0.0162. The number of hydrogen-bond donors (Lipinski definition) is 1. The normalized spacial score (nSPS) is 22.2. The maximum Gasteiger partial charge on any atom is 0.239 e. The Morgan fingerprint density at radius 3 is 2.94 bits per heavy atom. The van der Waals surface area contributed by atoms with Crippen molar-refractivity contribution < 1.29 is 4.79 Å². The zero-order valence-corrected chi connectivity index (χ0v) is 10.7. The van der Waals surface area contributed by atoms with Crippen LogP contribution >= 0.6 is 11.8 Å². The molecule has 1 fully saturated rings. The summed E-state index contributed by atoms with van der Waals surface area (Å²) in [5, 5.41) is 3.49. The van der Waals surface area contributed by atoms with E-state index in [4.69, 9.17) is 0 Å². The molecule has 1 amide bonds. The van der Waals surface area contributed by atoms with Gasteiger partial charge in [-0.05, 0) is 18.1 Å². The second kappa shape index (κ2) is 5.31. The second-order valence-electron chi connectivity index (χ2n) is 4.21. The zero-order chi connectivity index (χ0) is 12.3. The lowest BCUT2D eigenvalue weighted by molar-refractivity contribution is -0.119. The van der Waals surface area contributed by atoms with Gasteiger partial charge in [0.2, 0.25) is 5.91 Å². The standard InChI is InChI=1S/C12H15N3OS/c1-8(2)10-11(16)15-12(17-10)14-7-9-5-3-4-6-13-9/h3-6,8,10H,7H2,1-2H3,(H,14,15,16)/t10-/m1/s1. The van der Waals surface area contributed by atoms with Crippen LogP contribution in [0.4, 0.5) is 0 Å². The highest BCUT2D eigenvalue weighted by Crippen LogP contribution is 2.25. The molecule has 90 valence electrons. The van der Waals surface area contributed by atoms with E-state index in [9.17, 15) is 4.79 Å². The fraction of sp³-hybridized carbons (Fsp3) is 0.417. The van der Waals surface area contributed by atoms with Crippen molar-refractivity contribution in [3.63, 3.8) is 0 Å². The quantitative estimate of drug-likeness (QED) is 0.889. The number of hydrogen-bond acceptors (Lipinski definition) is 4. The summed E-state index contributed by atoms with van der Waals surface area (Å²) in [5.41, 5.74) is 0.905. The van der Waals surface area contributed by atoms with Gasteiger partial charge in [-0.2, -0.15) is 0 Å². The van der Waals surface area contributed by atoms with Crippen molar-refractivity contribution >= 4 is 22.8 Å². The average molecular weight is 249 g/mol. The van der Waals surface area contributed by atoms with Crippen molar-refractivity contribution in [3.8, 4) is 0 Å². The summed E-state index contributed by atoms with van der Waals surface area (Å²) in [6, 6.07) is 5.72. The maximum atomic E-state index is 11.6. The number of aromatic nitrogens is 1. The molecule has 0 unspecified atom stereocenters. The zero-order valence-electron chi connectivity index (χ0n) is 9.88. The molecular formula is C12H15N3OS. The molecule has 1 aliphatic heterocycles. The number of nitrogens with zero attached hydrogens (tertiary/aromatic N) is 2. The van der Waals surface area contributed by atoms with Gasteiger partial charge in [-0.15, -0.1) is 0 Å². The summed E-state index contributed by atoms with van der Waals surface area (Å²) in [7, 11) is 0. The predicted octanol–water partition coefficient (Wildman–Crippen LogP) is 1.83. The Morgan fingerprint density at radius 2 is 2.35 bits per heavy atom. The molecule has 0 aromatic carbocycles. The van der Waals surface area contributed by atoms with Crippen LogP contribution in [0.1, 0.15) is 19.5 Å². The first-order valence-corrected chi connectivity index (χ1v) is 6.46. The van der Waals surface area contributed by atoms with Gasteiger partial charge in [0.25, 0.3) is 0 Å². The van der Waals surface area contributed by atoms with E-state index < -0.39 is 0 Å². The van der Waals surface area contributed by atoms with Gasteiger partial charge < -0.3 is 5.32 Å². The van der Waals surface area contributed by atoms with E-state index in [0.29, 0.717) is 17.6 Å². The molecule has 2 heterocycles. The predicted molar refractivity (Wildman–Crippen MR) is 69.7 cm³/mol. The molecule has 5 heteroatoms.